The molecule has 1 amide bonds. The lowest BCUT2D eigenvalue weighted by atomic mass is 9.65. The maximum atomic E-state index is 13.2. The Balaban J connectivity index is 1.18. The van der Waals surface area contributed by atoms with E-state index in [2.05, 4.69) is 17.3 Å². The van der Waals surface area contributed by atoms with Crippen LogP contribution in [0.15, 0.2) is 42.5 Å². The van der Waals surface area contributed by atoms with Crippen molar-refractivity contribution in [2.75, 3.05) is 26.4 Å². The van der Waals surface area contributed by atoms with Crippen LogP contribution in [-0.4, -0.2) is 47.7 Å². The maximum absolute atomic E-state index is 13.2. The van der Waals surface area contributed by atoms with E-state index in [1.165, 1.54) is 38.5 Å². The van der Waals surface area contributed by atoms with Gasteiger partial charge in [-0.15, -0.1) is 0 Å². The molecule has 0 saturated heterocycles. The zero-order chi connectivity index (χ0) is 29.0. The van der Waals surface area contributed by atoms with Crippen molar-refractivity contribution < 1.29 is 14.3 Å². The Labute approximate surface area is 257 Å². The zero-order valence-electron chi connectivity index (χ0n) is 23.7. The number of halogens is 3. The van der Waals surface area contributed by atoms with E-state index in [-0.39, 0.29) is 11.5 Å². The second kappa shape index (κ2) is 13.5. The summed E-state index contributed by atoms with van der Waals surface area (Å²) in [7, 11) is 0. The summed E-state index contributed by atoms with van der Waals surface area (Å²) < 4.78 is 13.9. The van der Waals surface area contributed by atoms with Crippen LogP contribution in [0.3, 0.4) is 0 Å². The molecule has 9 heteroatoms. The molecule has 0 radical (unpaired) electrons. The molecule has 2 aliphatic rings. The summed E-state index contributed by atoms with van der Waals surface area (Å²) in [5.41, 5.74) is 3.29. The third-order valence-corrected chi connectivity index (χ3v) is 9.41. The summed E-state index contributed by atoms with van der Waals surface area (Å²) in [6.07, 6.45) is 8.88. The van der Waals surface area contributed by atoms with Crippen LogP contribution < -0.4 is 5.32 Å². The van der Waals surface area contributed by atoms with Gasteiger partial charge >= 0.3 is 0 Å². The molecular weight excluding hydrogens is 581 g/mol. The minimum absolute atomic E-state index is 0.0106. The number of fused-ring (bicyclic) bond motifs is 2. The number of hydrogen-bond acceptors (Lipinski definition) is 4. The largest absolute Gasteiger partial charge is 0.377 e. The molecule has 2 aliphatic carbocycles. The van der Waals surface area contributed by atoms with Gasteiger partial charge in [0.2, 0.25) is 0 Å². The number of nitrogens with zero attached hydrogens (tertiary/aromatic N) is 2. The van der Waals surface area contributed by atoms with Gasteiger partial charge in [-0.2, -0.15) is 5.10 Å². The average molecular weight is 619 g/mol. The van der Waals surface area contributed by atoms with Crippen LogP contribution >= 0.6 is 34.8 Å². The second-order valence-electron chi connectivity index (χ2n) is 11.4. The minimum Gasteiger partial charge on any atom is -0.377 e. The van der Waals surface area contributed by atoms with Gasteiger partial charge in [-0.25, -0.2) is 4.68 Å². The highest BCUT2D eigenvalue weighted by molar-refractivity contribution is 6.35. The molecule has 2 bridgehead atoms. The smallest absolute Gasteiger partial charge is 0.272 e. The number of nitrogens with one attached hydrogen (secondary N) is 1. The first-order chi connectivity index (χ1) is 19.8. The van der Waals surface area contributed by atoms with Crippen LogP contribution in [0, 0.1) is 18.8 Å². The van der Waals surface area contributed by atoms with Gasteiger partial charge in [-0.05, 0) is 74.8 Å². The summed E-state index contributed by atoms with van der Waals surface area (Å²) >= 11 is 18.8. The average Bonchev–Trinajstić information content (AvgIpc) is 3.29. The Morgan fingerprint density at radius 3 is 2.41 bits per heavy atom. The quantitative estimate of drug-likeness (QED) is 0.220. The van der Waals surface area contributed by atoms with Crippen LogP contribution in [0.5, 0.6) is 0 Å². The first kappa shape index (κ1) is 30.4. The number of carbonyl (C=O) groups excluding carboxylic acids is 1. The van der Waals surface area contributed by atoms with Gasteiger partial charge in [0.15, 0.2) is 5.69 Å². The fraction of sp³-hybridized carbons (Fsp3) is 0.500. The predicted octanol–water partition coefficient (Wildman–Crippen LogP) is 8.32. The summed E-state index contributed by atoms with van der Waals surface area (Å²) in [6.45, 7) is 5.98. The molecule has 2 unspecified atom stereocenters. The van der Waals surface area contributed by atoms with E-state index >= 15 is 0 Å². The lowest BCUT2D eigenvalue weighted by Crippen LogP contribution is -2.43. The molecule has 220 valence electrons. The molecule has 1 N–H and O–H groups in total. The van der Waals surface area contributed by atoms with E-state index in [0.717, 1.165) is 35.1 Å². The number of rotatable bonds is 11. The molecule has 0 spiro atoms. The second-order valence-corrected chi connectivity index (χ2v) is 12.7. The fourth-order valence-electron chi connectivity index (χ4n) is 6.64. The van der Waals surface area contributed by atoms with E-state index < -0.39 is 0 Å². The molecule has 3 aromatic rings. The van der Waals surface area contributed by atoms with Crippen molar-refractivity contribution in [3.05, 3.63) is 68.8 Å². The highest BCUT2D eigenvalue weighted by Gasteiger charge is 2.41. The fourth-order valence-corrected chi connectivity index (χ4v) is 7.26. The standard InChI is InChI=1S/C32H38Cl3N3O3/c1-3-32(19-22-5-4-6-23(17-22)20-32)41-16-15-40-14-13-36-31(39)29-21(2)30(24-7-9-25(33)10-8-24)38(37-29)28-12-11-26(34)18-27(28)35/h7-12,18,22-23H,3-6,13-17,19-20H2,1-2H3,(H,36,39). The number of hydrogen-bond donors (Lipinski definition) is 1. The van der Waals surface area contributed by atoms with Crippen LogP contribution in [0.4, 0.5) is 0 Å². The summed E-state index contributed by atoms with van der Waals surface area (Å²) in [6, 6.07) is 12.6. The molecule has 41 heavy (non-hydrogen) atoms. The molecule has 6 nitrogen and oxygen atoms in total. The van der Waals surface area contributed by atoms with Gasteiger partial charge in [-0.3, -0.25) is 4.79 Å². The number of carbonyl (C=O) groups is 1. The van der Waals surface area contributed by atoms with E-state index in [0.29, 0.717) is 52.8 Å². The van der Waals surface area contributed by atoms with Crippen molar-refractivity contribution >= 4 is 40.7 Å². The SMILES string of the molecule is CCC1(OCCOCCNC(=O)c2nn(-c3ccc(Cl)cc3Cl)c(-c3ccc(Cl)cc3)c2C)CC2CCCC(C2)C1. The van der Waals surface area contributed by atoms with Gasteiger partial charge in [0, 0.05) is 27.7 Å². The Kier molecular flexibility index (Phi) is 9.98. The van der Waals surface area contributed by atoms with Crippen LogP contribution in [0.1, 0.15) is 67.9 Å². The zero-order valence-corrected chi connectivity index (χ0v) is 26.0. The highest BCUT2D eigenvalue weighted by Crippen LogP contribution is 2.47. The molecule has 2 fully saturated rings. The van der Waals surface area contributed by atoms with E-state index in [4.69, 9.17) is 44.3 Å². The number of aromatic nitrogens is 2. The van der Waals surface area contributed by atoms with E-state index in [1.54, 1.807) is 35.0 Å². The van der Waals surface area contributed by atoms with Crippen molar-refractivity contribution in [3.8, 4) is 16.9 Å². The molecule has 2 saturated carbocycles. The first-order valence-electron chi connectivity index (χ1n) is 14.6. The summed E-state index contributed by atoms with van der Waals surface area (Å²) in [5, 5.41) is 9.19. The van der Waals surface area contributed by atoms with E-state index in [1.807, 2.05) is 19.1 Å². The van der Waals surface area contributed by atoms with E-state index in [9.17, 15) is 4.79 Å². The van der Waals surface area contributed by atoms with Crippen molar-refractivity contribution in [2.24, 2.45) is 11.8 Å². The van der Waals surface area contributed by atoms with Crippen molar-refractivity contribution in [1.29, 1.82) is 0 Å². The Bertz CT molecular complexity index is 1350. The molecule has 2 aromatic carbocycles. The molecule has 5 rings (SSSR count). The molecule has 1 heterocycles. The summed E-state index contributed by atoms with van der Waals surface area (Å²) in [5.74, 6) is 1.36. The maximum Gasteiger partial charge on any atom is 0.272 e. The first-order valence-corrected chi connectivity index (χ1v) is 15.7. The Hall–Kier alpha value is -2.09. The minimum atomic E-state index is -0.278. The third kappa shape index (κ3) is 7.11. The topological polar surface area (TPSA) is 65.4 Å². The van der Waals surface area contributed by atoms with Crippen molar-refractivity contribution in [2.45, 2.75) is 64.4 Å². The highest BCUT2D eigenvalue weighted by atomic mass is 35.5. The molecule has 2 atom stereocenters. The van der Waals surface area contributed by atoms with Gasteiger partial charge in [0.05, 0.1) is 41.8 Å². The normalized spacial score (nSPS) is 22.1. The Morgan fingerprint density at radius 2 is 1.73 bits per heavy atom. The number of ether oxygens (including phenoxy) is 2. The lowest BCUT2D eigenvalue weighted by molar-refractivity contribution is -0.120. The predicted molar refractivity (Wildman–Crippen MR) is 166 cm³/mol. The van der Waals surface area contributed by atoms with Gasteiger partial charge < -0.3 is 14.8 Å². The number of amides is 1. The molecule has 0 aliphatic heterocycles. The van der Waals surface area contributed by atoms with Gasteiger partial charge in [0.1, 0.15) is 0 Å². The van der Waals surface area contributed by atoms with Crippen LogP contribution in [0.25, 0.3) is 16.9 Å². The third-order valence-electron chi connectivity index (χ3n) is 8.62. The molecular formula is C32H38Cl3N3O3. The van der Waals surface area contributed by atoms with Crippen molar-refractivity contribution in [1.82, 2.24) is 15.1 Å². The monoisotopic (exact) mass is 617 g/mol. The Morgan fingerprint density at radius 1 is 1.02 bits per heavy atom. The van der Waals surface area contributed by atoms with Crippen LogP contribution in [0.2, 0.25) is 15.1 Å². The number of benzene rings is 2. The van der Waals surface area contributed by atoms with Gasteiger partial charge in [-0.1, -0.05) is 73.1 Å². The van der Waals surface area contributed by atoms with Crippen molar-refractivity contribution in [3.63, 3.8) is 0 Å². The van der Waals surface area contributed by atoms with Gasteiger partial charge in [0.25, 0.3) is 5.91 Å². The molecule has 1 aromatic heterocycles. The summed E-state index contributed by atoms with van der Waals surface area (Å²) in [4.78, 5) is 13.2. The lowest BCUT2D eigenvalue weighted by Gasteiger charge is -2.46. The van der Waals surface area contributed by atoms with Crippen LogP contribution in [-0.2, 0) is 9.47 Å².